The highest BCUT2D eigenvalue weighted by Crippen LogP contribution is 2.22. The molecule has 0 spiro atoms. The zero-order chi connectivity index (χ0) is 18.7. The van der Waals surface area contributed by atoms with E-state index in [1.54, 1.807) is 11.0 Å². The Labute approximate surface area is 151 Å². The summed E-state index contributed by atoms with van der Waals surface area (Å²) in [6.45, 7) is 1.69. The number of benzene rings is 2. The zero-order valence-electron chi connectivity index (χ0n) is 14.1. The van der Waals surface area contributed by atoms with Crippen molar-refractivity contribution in [3.8, 4) is 0 Å². The van der Waals surface area contributed by atoms with Crippen molar-refractivity contribution in [2.24, 2.45) is 11.7 Å². The first-order valence-corrected chi connectivity index (χ1v) is 9.76. The maximum atomic E-state index is 13.7. The smallest absolute Gasteiger partial charge is 0.262 e. The fourth-order valence-corrected chi connectivity index (χ4v) is 4.05. The molecule has 6 nitrogen and oxygen atoms in total. The van der Waals surface area contributed by atoms with Gasteiger partial charge in [-0.25, -0.2) is 12.8 Å². The van der Waals surface area contributed by atoms with Gasteiger partial charge < -0.3 is 10.6 Å². The summed E-state index contributed by atoms with van der Waals surface area (Å²) in [5.41, 5.74) is 5.78. The van der Waals surface area contributed by atoms with Crippen molar-refractivity contribution >= 4 is 21.6 Å². The number of anilines is 1. The number of nitrogens with one attached hydrogen (secondary N) is 1. The van der Waals surface area contributed by atoms with Gasteiger partial charge in [0, 0.05) is 18.7 Å². The second kappa shape index (κ2) is 7.43. The van der Waals surface area contributed by atoms with Crippen LogP contribution in [0.4, 0.5) is 10.1 Å². The van der Waals surface area contributed by atoms with Crippen LogP contribution < -0.4 is 10.5 Å². The first-order chi connectivity index (χ1) is 12.4. The number of carbonyl (C=O) groups is 1. The van der Waals surface area contributed by atoms with E-state index in [-0.39, 0.29) is 28.0 Å². The Hall–Kier alpha value is -2.45. The molecule has 8 heteroatoms. The quantitative estimate of drug-likeness (QED) is 0.834. The number of halogens is 1. The molecule has 1 aliphatic rings. The van der Waals surface area contributed by atoms with Crippen LogP contribution in [0, 0.1) is 11.7 Å². The van der Waals surface area contributed by atoms with E-state index in [0.29, 0.717) is 19.6 Å². The molecule has 2 aromatic rings. The molecule has 3 N–H and O–H groups in total. The van der Waals surface area contributed by atoms with Gasteiger partial charge in [0.1, 0.15) is 5.82 Å². The number of likely N-dealkylation sites (tertiary alicyclic amines) is 1. The number of sulfonamides is 1. The van der Waals surface area contributed by atoms with E-state index in [2.05, 4.69) is 4.72 Å². The van der Waals surface area contributed by atoms with Crippen molar-refractivity contribution < 1.29 is 17.6 Å². The molecule has 1 saturated heterocycles. The molecule has 1 aliphatic heterocycles. The summed E-state index contributed by atoms with van der Waals surface area (Å²) in [4.78, 5) is 14.2. The largest absolute Gasteiger partial charge is 0.338 e. The summed E-state index contributed by atoms with van der Waals surface area (Å²) < 4.78 is 41.0. The summed E-state index contributed by atoms with van der Waals surface area (Å²) in [6, 6.07) is 11.2. The molecule has 1 fully saturated rings. The van der Waals surface area contributed by atoms with Crippen LogP contribution in [0.15, 0.2) is 53.4 Å². The molecular formula is C18H20FN3O3S. The minimum Gasteiger partial charge on any atom is -0.338 e. The van der Waals surface area contributed by atoms with Crippen molar-refractivity contribution in [1.82, 2.24) is 4.90 Å². The molecule has 26 heavy (non-hydrogen) atoms. The number of hydrogen-bond donors (Lipinski definition) is 2. The molecule has 2 aromatic carbocycles. The number of rotatable bonds is 5. The molecule has 138 valence electrons. The van der Waals surface area contributed by atoms with Gasteiger partial charge in [-0.15, -0.1) is 0 Å². The van der Waals surface area contributed by atoms with Crippen molar-refractivity contribution in [2.75, 3.05) is 24.4 Å². The Balaban J connectivity index is 1.82. The van der Waals surface area contributed by atoms with E-state index in [1.165, 1.54) is 42.5 Å². The SMILES string of the molecule is NCC1CCN(C(=O)c2cccc(S(=O)(=O)Nc3ccccc3F)c2)C1. The number of nitrogens with zero attached hydrogens (tertiary/aromatic N) is 1. The zero-order valence-corrected chi connectivity index (χ0v) is 14.9. The third-order valence-electron chi connectivity index (χ3n) is 4.42. The van der Waals surface area contributed by atoms with Gasteiger partial charge in [-0.3, -0.25) is 9.52 Å². The minimum absolute atomic E-state index is 0.0961. The van der Waals surface area contributed by atoms with Gasteiger partial charge in [0.2, 0.25) is 0 Å². The Morgan fingerprint density at radius 2 is 2.00 bits per heavy atom. The van der Waals surface area contributed by atoms with Crippen LogP contribution in [0.3, 0.4) is 0 Å². The average molecular weight is 377 g/mol. The van der Waals surface area contributed by atoms with Gasteiger partial charge in [0.25, 0.3) is 15.9 Å². The molecule has 0 aliphatic carbocycles. The first-order valence-electron chi connectivity index (χ1n) is 8.27. The lowest BCUT2D eigenvalue weighted by Gasteiger charge is -2.17. The molecule has 1 amide bonds. The monoisotopic (exact) mass is 377 g/mol. The predicted octanol–water partition coefficient (Wildman–Crippen LogP) is 2.05. The topological polar surface area (TPSA) is 92.5 Å². The highest BCUT2D eigenvalue weighted by atomic mass is 32.2. The summed E-state index contributed by atoms with van der Waals surface area (Å²) in [5.74, 6) is -0.634. The van der Waals surface area contributed by atoms with E-state index in [1.807, 2.05) is 0 Å². The number of nitrogens with two attached hydrogens (primary N) is 1. The number of hydrogen-bond acceptors (Lipinski definition) is 4. The molecule has 3 rings (SSSR count). The van der Waals surface area contributed by atoms with Crippen molar-refractivity contribution in [3.05, 3.63) is 59.9 Å². The number of amides is 1. The van der Waals surface area contributed by atoms with Crippen LogP contribution >= 0.6 is 0 Å². The van der Waals surface area contributed by atoms with Crippen LogP contribution in [0.5, 0.6) is 0 Å². The Morgan fingerprint density at radius 1 is 1.23 bits per heavy atom. The van der Waals surface area contributed by atoms with Gasteiger partial charge in [-0.2, -0.15) is 0 Å². The average Bonchev–Trinajstić information content (AvgIpc) is 3.12. The molecule has 0 radical (unpaired) electrons. The van der Waals surface area contributed by atoms with E-state index >= 15 is 0 Å². The summed E-state index contributed by atoms with van der Waals surface area (Å²) in [6.07, 6.45) is 0.842. The van der Waals surface area contributed by atoms with Crippen LogP contribution in [-0.4, -0.2) is 38.9 Å². The summed E-state index contributed by atoms with van der Waals surface area (Å²) >= 11 is 0. The fraction of sp³-hybridized carbons (Fsp3) is 0.278. The van der Waals surface area contributed by atoms with Crippen molar-refractivity contribution in [1.29, 1.82) is 0 Å². The lowest BCUT2D eigenvalue weighted by atomic mass is 10.1. The lowest BCUT2D eigenvalue weighted by molar-refractivity contribution is 0.0787. The van der Waals surface area contributed by atoms with Gasteiger partial charge >= 0.3 is 0 Å². The van der Waals surface area contributed by atoms with Crippen LogP contribution in [-0.2, 0) is 10.0 Å². The van der Waals surface area contributed by atoms with Crippen LogP contribution in [0.1, 0.15) is 16.8 Å². The van der Waals surface area contributed by atoms with Crippen molar-refractivity contribution in [3.63, 3.8) is 0 Å². The molecule has 0 bridgehead atoms. The van der Waals surface area contributed by atoms with Crippen molar-refractivity contribution in [2.45, 2.75) is 11.3 Å². The Bertz CT molecular complexity index is 917. The second-order valence-corrected chi connectivity index (χ2v) is 7.94. The Morgan fingerprint density at radius 3 is 2.69 bits per heavy atom. The van der Waals surface area contributed by atoms with E-state index in [4.69, 9.17) is 5.73 Å². The van der Waals surface area contributed by atoms with E-state index in [0.717, 1.165) is 6.42 Å². The molecule has 1 heterocycles. The van der Waals surface area contributed by atoms with Gasteiger partial charge in [-0.05, 0) is 49.2 Å². The third-order valence-corrected chi connectivity index (χ3v) is 5.78. The first kappa shape index (κ1) is 18.3. The third kappa shape index (κ3) is 3.86. The molecule has 0 saturated carbocycles. The normalized spacial score (nSPS) is 17.3. The number of para-hydroxylation sites is 1. The summed E-state index contributed by atoms with van der Waals surface area (Å²) in [5, 5.41) is 0. The lowest BCUT2D eigenvalue weighted by Crippen LogP contribution is -2.30. The van der Waals surface area contributed by atoms with Gasteiger partial charge in [0.15, 0.2) is 0 Å². The van der Waals surface area contributed by atoms with Crippen LogP contribution in [0.2, 0.25) is 0 Å². The molecule has 1 atom stereocenters. The highest BCUT2D eigenvalue weighted by molar-refractivity contribution is 7.92. The second-order valence-electron chi connectivity index (χ2n) is 6.25. The Kier molecular flexibility index (Phi) is 5.24. The van der Waals surface area contributed by atoms with Gasteiger partial charge in [0.05, 0.1) is 10.6 Å². The highest BCUT2D eigenvalue weighted by Gasteiger charge is 2.27. The number of carbonyl (C=O) groups excluding carboxylic acids is 1. The predicted molar refractivity (Wildman–Crippen MR) is 96.7 cm³/mol. The van der Waals surface area contributed by atoms with E-state index in [9.17, 15) is 17.6 Å². The molecule has 0 aromatic heterocycles. The maximum absolute atomic E-state index is 13.7. The standard InChI is InChI=1S/C18H20FN3O3S/c19-16-6-1-2-7-17(16)21-26(24,25)15-5-3-4-14(10-15)18(23)22-9-8-13(11-20)12-22/h1-7,10,13,21H,8-9,11-12,20H2. The van der Waals surface area contributed by atoms with Gasteiger partial charge in [-0.1, -0.05) is 18.2 Å². The van der Waals surface area contributed by atoms with E-state index < -0.39 is 15.8 Å². The summed E-state index contributed by atoms with van der Waals surface area (Å²) in [7, 11) is -4.01. The fourth-order valence-electron chi connectivity index (χ4n) is 2.94. The molecule has 1 unspecified atom stereocenters. The minimum atomic E-state index is -4.01. The van der Waals surface area contributed by atoms with Crippen LogP contribution in [0.25, 0.3) is 0 Å². The maximum Gasteiger partial charge on any atom is 0.262 e. The molecular weight excluding hydrogens is 357 g/mol.